The molecule has 4 heteroatoms. The lowest BCUT2D eigenvalue weighted by Crippen LogP contribution is -2.09. The summed E-state index contributed by atoms with van der Waals surface area (Å²) >= 11 is 0. The maximum Gasteiger partial charge on any atom is 0.148 e. The van der Waals surface area contributed by atoms with Crippen LogP contribution in [0.15, 0.2) is 12.1 Å². The Morgan fingerprint density at radius 2 is 2.00 bits per heavy atom. The molecule has 1 aromatic rings. The lowest BCUT2D eigenvalue weighted by atomic mass is 9.87. The molecule has 0 saturated heterocycles. The number of rotatable bonds is 5. The van der Waals surface area contributed by atoms with E-state index < -0.39 is 0 Å². The average molecular weight is 235 g/mol. The van der Waals surface area contributed by atoms with E-state index in [1.165, 1.54) is 32.1 Å². The summed E-state index contributed by atoms with van der Waals surface area (Å²) in [5, 5.41) is 20.3. The number of nitrogens with zero attached hydrogens (tertiary/aromatic N) is 2. The van der Waals surface area contributed by atoms with Gasteiger partial charge in [0.2, 0.25) is 0 Å². The molecule has 0 amide bonds. The van der Waals surface area contributed by atoms with Crippen LogP contribution in [0.3, 0.4) is 0 Å². The van der Waals surface area contributed by atoms with Crippen LogP contribution in [0, 0.1) is 0 Å². The molecular formula is C13H21N3O. The monoisotopic (exact) mass is 235 g/mol. The van der Waals surface area contributed by atoms with Crippen molar-refractivity contribution in [3.63, 3.8) is 0 Å². The second-order valence-electron chi connectivity index (χ2n) is 4.68. The van der Waals surface area contributed by atoms with Gasteiger partial charge in [-0.3, -0.25) is 0 Å². The lowest BCUT2D eigenvalue weighted by Gasteiger charge is -2.20. The Morgan fingerprint density at radius 3 is 2.65 bits per heavy atom. The Bertz CT molecular complexity index is 320. The average Bonchev–Trinajstić information content (AvgIpc) is 2.41. The standard InChI is InChI=1S/C13H21N3O/c17-10-4-9-14-13-8-7-12(15-16-13)11-5-2-1-3-6-11/h7-8,11,17H,1-6,9-10H2,(H,14,16). The SMILES string of the molecule is OCCCNc1ccc(C2CCCCC2)nn1. The molecule has 0 spiro atoms. The predicted octanol–water partition coefficient (Wildman–Crippen LogP) is 2.32. The van der Waals surface area contributed by atoms with Gasteiger partial charge in [0.15, 0.2) is 0 Å². The van der Waals surface area contributed by atoms with Crippen LogP contribution >= 0.6 is 0 Å². The molecule has 1 aliphatic carbocycles. The van der Waals surface area contributed by atoms with E-state index in [2.05, 4.69) is 21.6 Å². The van der Waals surface area contributed by atoms with Crippen molar-refractivity contribution in [2.24, 2.45) is 0 Å². The highest BCUT2D eigenvalue weighted by molar-refractivity contribution is 5.33. The molecule has 0 bridgehead atoms. The lowest BCUT2D eigenvalue weighted by molar-refractivity contribution is 0.292. The van der Waals surface area contributed by atoms with Gasteiger partial charge in [0.1, 0.15) is 5.82 Å². The second-order valence-corrected chi connectivity index (χ2v) is 4.68. The minimum Gasteiger partial charge on any atom is -0.396 e. The summed E-state index contributed by atoms with van der Waals surface area (Å²) in [6.45, 7) is 0.953. The smallest absolute Gasteiger partial charge is 0.148 e. The molecule has 1 aromatic heterocycles. The van der Waals surface area contributed by atoms with Gasteiger partial charge >= 0.3 is 0 Å². The topological polar surface area (TPSA) is 58.0 Å². The number of aliphatic hydroxyl groups excluding tert-OH is 1. The number of aromatic nitrogens is 2. The highest BCUT2D eigenvalue weighted by Gasteiger charge is 2.16. The number of nitrogens with one attached hydrogen (secondary N) is 1. The van der Waals surface area contributed by atoms with Gasteiger partial charge in [0.05, 0.1) is 5.69 Å². The van der Waals surface area contributed by atoms with Gasteiger partial charge in [-0.05, 0) is 31.4 Å². The number of aliphatic hydroxyl groups is 1. The largest absolute Gasteiger partial charge is 0.396 e. The van der Waals surface area contributed by atoms with E-state index >= 15 is 0 Å². The molecule has 0 radical (unpaired) electrons. The maximum absolute atomic E-state index is 8.68. The third-order valence-corrected chi connectivity index (χ3v) is 3.35. The summed E-state index contributed by atoms with van der Waals surface area (Å²) in [4.78, 5) is 0. The van der Waals surface area contributed by atoms with Crippen molar-refractivity contribution in [2.75, 3.05) is 18.5 Å². The molecule has 1 heterocycles. The fourth-order valence-corrected chi connectivity index (χ4v) is 2.35. The molecule has 1 saturated carbocycles. The molecule has 2 rings (SSSR count). The molecular weight excluding hydrogens is 214 g/mol. The first-order chi connectivity index (χ1) is 8.40. The van der Waals surface area contributed by atoms with Crippen LogP contribution in [-0.4, -0.2) is 28.5 Å². The van der Waals surface area contributed by atoms with Crippen LogP contribution in [0.25, 0.3) is 0 Å². The zero-order valence-electron chi connectivity index (χ0n) is 10.2. The Morgan fingerprint density at radius 1 is 1.18 bits per heavy atom. The van der Waals surface area contributed by atoms with Crippen molar-refractivity contribution in [3.05, 3.63) is 17.8 Å². The van der Waals surface area contributed by atoms with Crippen molar-refractivity contribution in [1.82, 2.24) is 10.2 Å². The number of anilines is 1. The summed E-state index contributed by atoms with van der Waals surface area (Å²) < 4.78 is 0. The number of hydrogen-bond acceptors (Lipinski definition) is 4. The minimum absolute atomic E-state index is 0.209. The fraction of sp³-hybridized carbons (Fsp3) is 0.692. The van der Waals surface area contributed by atoms with Gasteiger partial charge in [-0.15, -0.1) is 5.10 Å². The summed E-state index contributed by atoms with van der Waals surface area (Å²) in [6.07, 6.45) is 7.26. The molecule has 0 unspecified atom stereocenters. The van der Waals surface area contributed by atoms with Crippen molar-refractivity contribution >= 4 is 5.82 Å². The Hall–Kier alpha value is -1.16. The molecule has 4 nitrogen and oxygen atoms in total. The molecule has 2 N–H and O–H groups in total. The normalized spacial score (nSPS) is 17.0. The van der Waals surface area contributed by atoms with Crippen molar-refractivity contribution < 1.29 is 5.11 Å². The molecule has 1 fully saturated rings. The van der Waals surface area contributed by atoms with E-state index in [4.69, 9.17) is 5.11 Å². The minimum atomic E-state index is 0.209. The first-order valence-corrected chi connectivity index (χ1v) is 6.58. The van der Waals surface area contributed by atoms with Crippen molar-refractivity contribution in [2.45, 2.75) is 44.4 Å². The van der Waals surface area contributed by atoms with Crippen LogP contribution < -0.4 is 5.32 Å². The first kappa shape index (κ1) is 12.3. The van der Waals surface area contributed by atoms with Crippen LogP contribution in [0.4, 0.5) is 5.82 Å². The third-order valence-electron chi connectivity index (χ3n) is 3.35. The van der Waals surface area contributed by atoms with Gasteiger partial charge in [0, 0.05) is 19.1 Å². The number of hydrogen-bond donors (Lipinski definition) is 2. The van der Waals surface area contributed by atoms with Gasteiger partial charge in [0.25, 0.3) is 0 Å². The van der Waals surface area contributed by atoms with E-state index in [1.54, 1.807) is 0 Å². The summed E-state index contributed by atoms with van der Waals surface area (Å²) in [6, 6.07) is 4.08. The van der Waals surface area contributed by atoms with Crippen molar-refractivity contribution in [3.8, 4) is 0 Å². The zero-order valence-corrected chi connectivity index (χ0v) is 10.2. The van der Waals surface area contributed by atoms with Gasteiger partial charge in [-0.1, -0.05) is 19.3 Å². The van der Waals surface area contributed by atoms with Crippen LogP contribution in [0.1, 0.15) is 50.1 Å². The summed E-state index contributed by atoms with van der Waals surface area (Å²) in [5.41, 5.74) is 1.14. The highest BCUT2D eigenvalue weighted by atomic mass is 16.3. The predicted molar refractivity (Wildman–Crippen MR) is 68.1 cm³/mol. The Balaban J connectivity index is 1.88. The fourth-order valence-electron chi connectivity index (χ4n) is 2.35. The van der Waals surface area contributed by atoms with Crippen molar-refractivity contribution in [1.29, 1.82) is 0 Å². The molecule has 0 aliphatic heterocycles. The van der Waals surface area contributed by atoms with Crippen LogP contribution in [-0.2, 0) is 0 Å². The molecule has 94 valence electrons. The van der Waals surface area contributed by atoms with Gasteiger partial charge in [-0.2, -0.15) is 5.10 Å². The van der Waals surface area contributed by atoms with Gasteiger partial charge < -0.3 is 10.4 Å². The van der Waals surface area contributed by atoms with Crippen LogP contribution in [0.5, 0.6) is 0 Å². The second kappa shape index (κ2) is 6.55. The zero-order chi connectivity index (χ0) is 11.9. The maximum atomic E-state index is 8.68. The highest BCUT2D eigenvalue weighted by Crippen LogP contribution is 2.31. The van der Waals surface area contributed by atoms with E-state index in [0.29, 0.717) is 5.92 Å². The summed E-state index contributed by atoms with van der Waals surface area (Å²) in [5.74, 6) is 1.42. The van der Waals surface area contributed by atoms with Gasteiger partial charge in [-0.25, -0.2) is 0 Å². The van der Waals surface area contributed by atoms with Crippen LogP contribution in [0.2, 0.25) is 0 Å². The van der Waals surface area contributed by atoms with E-state index in [1.807, 2.05) is 6.07 Å². The molecule has 1 aliphatic rings. The quantitative estimate of drug-likeness (QED) is 0.769. The van der Waals surface area contributed by atoms with E-state index in [9.17, 15) is 0 Å². The van der Waals surface area contributed by atoms with E-state index in [0.717, 1.165) is 24.5 Å². The molecule has 0 aromatic carbocycles. The summed E-state index contributed by atoms with van der Waals surface area (Å²) in [7, 11) is 0. The Kier molecular flexibility index (Phi) is 4.74. The molecule has 0 atom stereocenters. The molecule has 17 heavy (non-hydrogen) atoms. The first-order valence-electron chi connectivity index (χ1n) is 6.58. The third kappa shape index (κ3) is 3.66. The Labute approximate surface area is 102 Å². The van der Waals surface area contributed by atoms with E-state index in [-0.39, 0.29) is 6.61 Å².